The van der Waals surface area contributed by atoms with Crippen LogP contribution in [0, 0.1) is 0 Å². The molecule has 1 aromatic heterocycles. The van der Waals surface area contributed by atoms with E-state index in [4.69, 9.17) is 35.3 Å². The van der Waals surface area contributed by atoms with Gasteiger partial charge in [0.05, 0.1) is 18.6 Å². The normalized spacial score (nSPS) is 10.9. The molecule has 20 heavy (non-hydrogen) atoms. The molecule has 1 aromatic carbocycles. The highest BCUT2D eigenvalue weighted by Crippen LogP contribution is 2.34. The summed E-state index contributed by atoms with van der Waals surface area (Å²) in [5, 5.41) is 10.1. The summed E-state index contributed by atoms with van der Waals surface area (Å²) in [4.78, 5) is 11.1. The average molecular weight is 301 g/mol. The number of carboxylic acid groups (broad SMARTS) is 1. The van der Waals surface area contributed by atoms with Crippen molar-refractivity contribution in [3.05, 3.63) is 29.0 Å². The molecule has 0 saturated carbocycles. The van der Waals surface area contributed by atoms with Gasteiger partial charge in [0.2, 0.25) is 0 Å². The van der Waals surface area contributed by atoms with E-state index in [1.54, 1.807) is 25.3 Å². The Morgan fingerprint density at radius 2 is 2.20 bits per heavy atom. The molecule has 2 aromatic rings. The van der Waals surface area contributed by atoms with Crippen LogP contribution in [0.25, 0.3) is 11.0 Å². The molecule has 2 rings (SSSR count). The van der Waals surface area contributed by atoms with Gasteiger partial charge in [-0.1, -0.05) is 11.6 Å². The van der Waals surface area contributed by atoms with Gasteiger partial charge in [-0.15, -0.1) is 0 Å². The number of aromatic carboxylic acids is 1. The Hall–Kier alpha value is -1.76. The van der Waals surface area contributed by atoms with Gasteiger partial charge in [-0.3, -0.25) is 0 Å². The summed E-state index contributed by atoms with van der Waals surface area (Å²) < 4.78 is 20.5. The molecule has 108 valence electrons. The van der Waals surface area contributed by atoms with E-state index >= 15 is 0 Å². The predicted octanol–water partition coefficient (Wildman–Crippen LogP) is 2.78. The van der Waals surface area contributed by atoms with Crippen molar-refractivity contribution < 1.29 is 28.5 Å². The molecule has 0 fully saturated rings. The highest BCUT2D eigenvalue weighted by molar-refractivity contribution is 6.31. The van der Waals surface area contributed by atoms with Crippen molar-refractivity contribution in [2.24, 2.45) is 0 Å². The molecule has 0 spiro atoms. The minimum Gasteiger partial charge on any atom is -0.475 e. The first kappa shape index (κ1) is 14.6. The van der Waals surface area contributed by atoms with Crippen molar-refractivity contribution in [2.45, 2.75) is 0 Å². The fraction of sp³-hybridized carbons (Fsp3) is 0.308. The lowest BCUT2D eigenvalue weighted by Gasteiger charge is -2.06. The highest BCUT2D eigenvalue weighted by Gasteiger charge is 2.21. The number of benzene rings is 1. The van der Waals surface area contributed by atoms with Crippen LogP contribution in [0.5, 0.6) is 5.75 Å². The average Bonchev–Trinajstić information content (AvgIpc) is 2.77. The molecule has 1 heterocycles. The Kier molecular flexibility index (Phi) is 4.84. The van der Waals surface area contributed by atoms with Crippen molar-refractivity contribution in [1.82, 2.24) is 0 Å². The van der Waals surface area contributed by atoms with Crippen molar-refractivity contribution in [3.63, 3.8) is 0 Å². The largest absolute Gasteiger partial charge is 0.475 e. The van der Waals surface area contributed by atoms with E-state index in [0.29, 0.717) is 29.2 Å². The molecule has 0 aliphatic carbocycles. The van der Waals surface area contributed by atoms with Crippen LogP contribution in [0.15, 0.2) is 22.6 Å². The Morgan fingerprint density at radius 3 is 2.90 bits per heavy atom. The van der Waals surface area contributed by atoms with Gasteiger partial charge in [-0.25, -0.2) is 4.79 Å². The first-order chi connectivity index (χ1) is 9.63. The maximum absolute atomic E-state index is 11.1. The van der Waals surface area contributed by atoms with Crippen LogP contribution >= 0.6 is 11.6 Å². The number of fused-ring (bicyclic) bond motifs is 1. The zero-order chi connectivity index (χ0) is 14.5. The smallest absolute Gasteiger partial charge is 0.375 e. The minimum absolute atomic E-state index is 0.104. The summed E-state index contributed by atoms with van der Waals surface area (Å²) in [5.74, 6) is -1.39. The summed E-state index contributed by atoms with van der Waals surface area (Å²) in [7, 11) is 1.55. The molecule has 6 nitrogen and oxygen atoms in total. The van der Waals surface area contributed by atoms with Gasteiger partial charge < -0.3 is 23.7 Å². The van der Waals surface area contributed by atoms with E-state index in [1.165, 1.54) is 0 Å². The third kappa shape index (κ3) is 3.22. The Morgan fingerprint density at radius 1 is 1.40 bits per heavy atom. The summed E-state index contributed by atoms with van der Waals surface area (Å²) in [6.07, 6.45) is 0. The lowest BCUT2D eigenvalue weighted by Crippen LogP contribution is -2.09. The molecule has 0 unspecified atom stereocenters. The van der Waals surface area contributed by atoms with Gasteiger partial charge in [0, 0.05) is 12.1 Å². The van der Waals surface area contributed by atoms with Crippen LogP contribution in [0.1, 0.15) is 10.6 Å². The molecular weight excluding hydrogens is 288 g/mol. The summed E-state index contributed by atoms with van der Waals surface area (Å²) in [5.41, 5.74) is 0.388. The summed E-state index contributed by atoms with van der Waals surface area (Å²) in [6.45, 7) is 0.660. The number of carboxylic acids is 1. The van der Waals surface area contributed by atoms with Crippen molar-refractivity contribution >= 4 is 28.5 Å². The van der Waals surface area contributed by atoms with Crippen LogP contribution in [-0.2, 0) is 9.47 Å². The van der Waals surface area contributed by atoms with Crippen molar-refractivity contribution in [3.8, 4) is 5.75 Å². The maximum atomic E-state index is 11.1. The van der Waals surface area contributed by atoms with Gasteiger partial charge in [0.1, 0.15) is 5.58 Å². The predicted molar refractivity (Wildman–Crippen MR) is 71.5 cm³/mol. The fourth-order valence-corrected chi connectivity index (χ4v) is 1.81. The molecule has 0 aliphatic rings. The maximum Gasteiger partial charge on any atom is 0.375 e. The molecule has 0 saturated heterocycles. The lowest BCUT2D eigenvalue weighted by atomic mass is 10.2. The van der Waals surface area contributed by atoms with Crippen molar-refractivity contribution in [2.75, 3.05) is 27.1 Å². The van der Waals surface area contributed by atoms with Gasteiger partial charge in [-0.2, -0.15) is 0 Å². The van der Waals surface area contributed by atoms with E-state index in [2.05, 4.69) is 0 Å². The molecule has 0 atom stereocenters. The first-order valence-electron chi connectivity index (χ1n) is 5.78. The van der Waals surface area contributed by atoms with Gasteiger partial charge in [-0.05, 0) is 18.2 Å². The SMILES string of the molecule is COCCOCOc1c(C(=O)O)oc2ccc(Cl)cc12. The summed E-state index contributed by atoms with van der Waals surface area (Å²) in [6, 6.07) is 4.78. The lowest BCUT2D eigenvalue weighted by molar-refractivity contribution is -0.00883. The number of furan rings is 1. The van der Waals surface area contributed by atoms with E-state index in [9.17, 15) is 4.79 Å². The van der Waals surface area contributed by atoms with E-state index in [1.807, 2.05) is 0 Å². The van der Waals surface area contributed by atoms with E-state index in [-0.39, 0.29) is 18.3 Å². The van der Waals surface area contributed by atoms with Crippen LogP contribution in [0.4, 0.5) is 0 Å². The Labute approximate surface area is 119 Å². The molecule has 0 bridgehead atoms. The third-order valence-electron chi connectivity index (χ3n) is 2.52. The highest BCUT2D eigenvalue weighted by atomic mass is 35.5. The van der Waals surface area contributed by atoms with Gasteiger partial charge >= 0.3 is 5.97 Å². The third-order valence-corrected chi connectivity index (χ3v) is 2.75. The number of hydrogen-bond donors (Lipinski definition) is 1. The number of rotatable bonds is 7. The monoisotopic (exact) mass is 300 g/mol. The zero-order valence-electron chi connectivity index (χ0n) is 10.7. The van der Waals surface area contributed by atoms with Gasteiger partial charge in [0.15, 0.2) is 12.5 Å². The zero-order valence-corrected chi connectivity index (χ0v) is 11.5. The Bertz CT molecular complexity index is 606. The number of carbonyl (C=O) groups is 1. The summed E-state index contributed by atoms with van der Waals surface area (Å²) >= 11 is 5.89. The standard InChI is InChI=1S/C13H13ClO6/c1-17-4-5-18-7-19-11-9-6-8(14)2-3-10(9)20-12(11)13(15)16/h2-3,6H,4-5,7H2,1H3,(H,15,16). The van der Waals surface area contributed by atoms with Crippen LogP contribution in [-0.4, -0.2) is 38.2 Å². The number of methoxy groups -OCH3 is 1. The Balaban J connectivity index is 2.22. The van der Waals surface area contributed by atoms with Crippen LogP contribution < -0.4 is 4.74 Å². The van der Waals surface area contributed by atoms with Crippen LogP contribution in [0.3, 0.4) is 0 Å². The molecule has 0 radical (unpaired) electrons. The second-order valence-electron chi connectivity index (χ2n) is 3.87. The topological polar surface area (TPSA) is 78.1 Å². The minimum atomic E-state index is -1.22. The van der Waals surface area contributed by atoms with Gasteiger partial charge in [0.25, 0.3) is 5.76 Å². The fourth-order valence-electron chi connectivity index (χ4n) is 1.63. The quantitative estimate of drug-likeness (QED) is 0.626. The molecule has 0 amide bonds. The van der Waals surface area contributed by atoms with E-state index < -0.39 is 5.97 Å². The molecule has 7 heteroatoms. The molecule has 0 aliphatic heterocycles. The molecule has 1 N–H and O–H groups in total. The number of halogens is 1. The van der Waals surface area contributed by atoms with Crippen LogP contribution in [0.2, 0.25) is 5.02 Å². The second-order valence-corrected chi connectivity index (χ2v) is 4.31. The number of hydrogen-bond acceptors (Lipinski definition) is 5. The number of ether oxygens (including phenoxy) is 3. The molecular formula is C13H13ClO6. The van der Waals surface area contributed by atoms with Crippen molar-refractivity contribution in [1.29, 1.82) is 0 Å². The first-order valence-corrected chi connectivity index (χ1v) is 6.16. The van der Waals surface area contributed by atoms with E-state index in [0.717, 1.165) is 0 Å². The second kappa shape index (κ2) is 6.60.